The van der Waals surface area contributed by atoms with Crippen LogP contribution in [0.2, 0.25) is 0 Å². The van der Waals surface area contributed by atoms with Crippen LogP contribution in [0, 0.1) is 0 Å². The molecule has 3 nitrogen and oxygen atoms in total. The molecule has 1 aliphatic carbocycles. The number of aromatic nitrogens is 2. The molecule has 9 rings (SSSR count). The van der Waals surface area contributed by atoms with Crippen LogP contribution in [-0.2, 0) is 5.41 Å². The first kappa shape index (κ1) is 27.4. The second kappa shape index (κ2) is 10.6. The SMILES string of the molecule is CC1(C)c2cc(-c3ccccn3)ccc2-c2ccc(-n3c4ccccc4c4cc(-c5cccoc6ccccc6cc5)ccc43)cc21. The van der Waals surface area contributed by atoms with E-state index in [4.69, 9.17) is 4.42 Å². The lowest BCUT2D eigenvalue weighted by Gasteiger charge is -2.23. The molecule has 0 amide bonds. The largest absolute Gasteiger partial charge is 0.464 e. The molecule has 0 fully saturated rings. The summed E-state index contributed by atoms with van der Waals surface area (Å²) in [5, 5.41) is 3.53. The molecule has 0 unspecified atom stereocenters. The van der Waals surface area contributed by atoms with Crippen LogP contribution in [0.15, 0.2) is 162 Å². The molecule has 3 heteroatoms. The Labute approximate surface area is 273 Å². The van der Waals surface area contributed by atoms with Gasteiger partial charge in [0.2, 0.25) is 0 Å². The smallest absolute Gasteiger partial charge is 0.133 e. The number of pyridine rings is 1. The summed E-state index contributed by atoms with van der Waals surface area (Å²) in [4.78, 5) is 4.62. The minimum Gasteiger partial charge on any atom is -0.464 e. The van der Waals surface area contributed by atoms with Crippen molar-refractivity contribution in [1.82, 2.24) is 9.55 Å². The number of fused-ring (bicyclic) bond motifs is 7. The molecular formula is C44H32N2O. The zero-order valence-electron chi connectivity index (χ0n) is 26.3. The third kappa shape index (κ3) is 4.39. The summed E-state index contributed by atoms with van der Waals surface area (Å²) in [6.45, 7) is 4.69. The van der Waals surface area contributed by atoms with Crippen LogP contribution in [0.5, 0.6) is 0 Å². The molecule has 224 valence electrons. The maximum Gasteiger partial charge on any atom is 0.133 e. The molecule has 0 radical (unpaired) electrons. The van der Waals surface area contributed by atoms with Gasteiger partial charge in [0.15, 0.2) is 0 Å². The van der Waals surface area contributed by atoms with Gasteiger partial charge in [0, 0.05) is 39.0 Å². The van der Waals surface area contributed by atoms with Gasteiger partial charge in [0.25, 0.3) is 0 Å². The first-order valence-electron chi connectivity index (χ1n) is 16.1. The van der Waals surface area contributed by atoms with Crippen molar-refractivity contribution in [3.05, 3.63) is 169 Å². The van der Waals surface area contributed by atoms with Gasteiger partial charge in [-0.3, -0.25) is 4.98 Å². The minimum atomic E-state index is -0.150. The molecule has 0 bridgehead atoms. The Morgan fingerprint density at radius 2 is 1.30 bits per heavy atom. The van der Waals surface area contributed by atoms with Crippen LogP contribution in [0.25, 0.3) is 72.0 Å². The Hall–Kier alpha value is -5.93. The number of nitrogens with zero attached hydrogens (tertiary/aromatic N) is 2. The second-order valence-electron chi connectivity index (χ2n) is 12.9. The van der Waals surface area contributed by atoms with Crippen molar-refractivity contribution in [2.75, 3.05) is 0 Å². The van der Waals surface area contributed by atoms with Crippen LogP contribution in [0.4, 0.5) is 0 Å². The van der Waals surface area contributed by atoms with Gasteiger partial charge in [-0.15, -0.1) is 0 Å². The van der Waals surface area contributed by atoms with Crippen molar-refractivity contribution >= 4 is 32.8 Å². The van der Waals surface area contributed by atoms with E-state index < -0.39 is 0 Å². The summed E-state index contributed by atoms with van der Waals surface area (Å²) in [6.07, 6.45) is 3.62. The van der Waals surface area contributed by atoms with E-state index in [1.165, 1.54) is 49.7 Å². The predicted octanol–water partition coefficient (Wildman–Crippen LogP) is 11.7. The summed E-state index contributed by atoms with van der Waals surface area (Å²) in [7, 11) is 0. The first-order valence-corrected chi connectivity index (χ1v) is 16.1. The normalized spacial score (nSPS) is 13.1. The van der Waals surface area contributed by atoms with Crippen molar-refractivity contribution in [2.45, 2.75) is 19.3 Å². The molecule has 47 heavy (non-hydrogen) atoms. The molecule has 0 saturated carbocycles. The van der Waals surface area contributed by atoms with Crippen LogP contribution in [0.3, 0.4) is 0 Å². The maximum absolute atomic E-state index is 5.88. The molecule has 8 aromatic rings. The average molecular weight is 605 g/mol. The molecule has 5 aromatic carbocycles. The van der Waals surface area contributed by atoms with E-state index in [-0.39, 0.29) is 5.41 Å². The van der Waals surface area contributed by atoms with Gasteiger partial charge in [0.05, 0.1) is 23.0 Å². The molecule has 1 aliphatic rings. The number of hydrogen-bond donors (Lipinski definition) is 0. The van der Waals surface area contributed by atoms with E-state index in [9.17, 15) is 0 Å². The lowest BCUT2D eigenvalue weighted by atomic mass is 9.81. The highest BCUT2D eigenvalue weighted by Gasteiger charge is 2.36. The number of rotatable bonds is 3. The highest BCUT2D eigenvalue weighted by atomic mass is 16.3. The van der Waals surface area contributed by atoms with Gasteiger partial charge in [-0.2, -0.15) is 0 Å². The van der Waals surface area contributed by atoms with E-state index in [0.29, 0.717) is 0 Å². The summed E-state index contributed by atoms with van der Waals surface area (Å²) in [5.74, 6) is 0. The molecule has 3 aromatic heterocycles. The molecule has 0 saturated heterocycles. The highest BCUT2D eigenvalue weighted by Crippen LogP contribution is 2.50. The molecular weight excluding hydrogens is 572 g/mol. The van der Waals surface area contributed by atoms with Gasteiger partial charge in [-0.25, -0.2) is 0 Å². The summed E-state index contributed by atoms with van der Waals surface area (Å²) in [6, 6.07) is 52.0. The highest BCUT2D eigenvalue weighted by molar-refractivity contribution is 6.10. The second-order valence-corrected chi connectivity index (χ2v) is 12.9. The number of para-hydroxylation sites is 2. The maximum atomic E-state index is 5.88. The van der Waals surface area contributed by atoms with Crippen molar-refractivity contribution in [1.29, 1.82) is 0 Å². The monoisotopic (exact) mass is 604 g/mol. The Balaban J connectivity index is 1.19. The average Bonchev–Trinajstić information content (AvgIpc) is 3.60. The fourth-order valence-electron chi connectivity index (χ4n) is 7.40. The van der Waals surface area contributed by atoms with Crippen molar-refractivity contribution in [2.24, 2.45) is 0 Å². The quantitative estimate of drug-likeness (QED) is 0.201. The van der Waals surface area contributed by atoms with E-state index in [0.717, 1.165) is 33.4 Å². The summed E-state index contributed by atoms with van der Waals surface area (Å²) in [5.41, 5.74) is 14.0. The molecule has 3 heterocycles. The fourth-order valence-corrected chi connectivity index (χ4v) is 7.40. The fraction of sp³-hybridized carbons (Fsp3) is 0.0682. The zero-order valence-corrected chi connectivity index (χ0v) is 26.3. The van der Waals surface area contributed by atoms with Crippen molar-refractivity contribution in [3.8, 4) is 39.2 Å². The van der Waals surface area contributed by atoms with Crippen LogP contribution >= 0.6 is 0 Å². The van der Waals surface area contributed by atoms with E-state index in [1.54, 1.807) is 6.26 Å². The van der Waals surface area contributed by atoms with Gasteiger partial charge < -0.3 is 8.98 Å². The Bertz CT molecular complexity index is 2550. The van der Waals surface area contributed by atoms with Gasteiger partial charge in [-0.1, -0.05) is 98.8 Å². The first-order chi connectivity index (χ1) is 23.1. The van der Waals surface area contributed by atoms with E-state index in [2.05, 4.69) is 133 Å². The van der Waals surface area contributed by atoms with Crippen molar-refractivity contribution in [3.63, 3.8) is 0 Å². The Morgan fingerprint density at radius 3 is 2.19 bits per heavy atom. The van der Waals surface area contributed by atoms with E-state index in [1.807, 2.05) is 42.6 Å². The molecule has 0 aliphatic heterocycles. The van der Waals surface area contributed by atoms with Crippen LogP contribution < -0.4 is 0 Å². The van der Waals surface area contributed by atoms with Gasteiger partial charge in [-0.05, 0) is 94.0 Å². The molecule has 0 spiro atoms. The lowest BCUT2D eigenvalue weighted by molar-refractivity contribution is 0.606. The van der Waals surface area contributed by atoms with Gasteiger partial charge in [0.1, 0.15) is 5.58 Å². The minimum absolute atomic E-state index is 0.150. The standard InChI is InChI=1S/C44H32N2O/c1-44(2)38-27-32(40-13-7-8-24-45-40)18-21-34(38)35-22-20-33(28-39(35)44)46-41-14-5-4-12-36(41)37-26-31(19-23-42(37)46)29-11-9-25-47-43-15-6-3-10-30(43)17-16-29/h3-28H,1-2H3. The van der Waals surface area contributed by atoms with E-state index >= 15 is 0 Å². The van der Waals surface area contributed by atoms with Crippen LogP contribution in [0.1, 0.15) is 25.0 Å². The molecule has 0 N–H and O–H groups in total. The summed E-state index contributed by atoms with van der Waals surface area (Å²) < 4.78 is 8.30. The topological polar surface area (TPSA) is 31.0 Å². The third-order valence-corrected chi connectivity index (χ3v) is 9.80. The number of hydrogen-bond acceptors (Lipinski definition) is 2. The lowest BCUT2D eigenvalue weighted by Crippen LogP contribution is -2.15. The third-order valence-electron chi connectivity index (χ3n) is 9.80. The summed E-state index contributed by atoms with van der Waals surface area (Å²) >= 11 is 0. The zero-order chi connectivity index (χ0) is 31.5. The Morgan fingerprint density at radius 1 is 0.553 bits per heavy atom. The van der Waals surface area contributed by atoms with Gasteiger partial charge >= 0.3 is 0 Å². The predicted molar refractivity (Wildman–Crippen MR) is 194 cm³/mol. The van der Waals surface area contributed by atoms with Crippen LogP contribution in [-0.4, -0.2) is 9.55 Å². The van der Waals surface area contributed by atoms with Crippen molar-refractivity contribution < 1.29 is 4.42 Å². The Kier molecular flexibility index (Phi) is 6.16. The number of benzene rings is 5. The molecule has 0 atom stereocenters.